The molecule has 1 atom stereocenters. The van der Waals surface area contributed by atoms with Crippen molar-refractivity contribution < 1.29 is 14.3 Å². The Morgan fingerprint density at radius 1 is 1.50 bits per heavy atom. The molecule has 2 rings (SSSR count). The second-order valence-corrected chi connectivity index (χ2v) is 6.78. The van der Waals surface area contributed by atoms with E-state index in [1.54, 1.807) is 43.9 Å². The molecule has 128 valence electrons. The van der Waals surface area contributed by atoms with Gasteiger partial charge in [0.15, 0.2) is 0 Å². The van der Waals surface area contributed by atoms with Gasteiger partial charge in [0.25, 0.3) is 0 Å². The van der Waals surface area contributed by atoms with Crippen molar-refractivity contribution in [3.63, 3.8) is 0 Å². The number of alkyl carbamates (subject to hydrolysis) is 1. The molecule has 0 bridgehead atoms. The van der Waals surface area contributed by atoms with Crippen LogP contribution >= 0.6 is 0 Å². The van der Waals surface area contributed by atoms with Gasteiger partial charge in [-0.05, 0) is 44.9 Å². The summed E-state index contributed by atoms with van der Waals surface area (Å²) in [5, 5.41) is 11.5. The Morgan fingerprint density at radius 2 is 2.21 bits per heavy atom. The van der Waals surface area contributed by atoms with E-state index in [2.05, 4.69) is 5.32 Å². The highest BCUT2D eigenvalue weighted by molar-refractivity contribution is 5.87. The van der Waals surface area contributed by atoms with Crippen LogP contribution in [0.5, 0.6) is 0 Å². The van der Waals surface area contributed by atoms with Crippen molar-refractivity contribution in [1.29, 1.82) is 5.26 Å². The summed E-state index contributed by atoms with van der Waals surface area (Å²) in [4.78, 5) is 25.8. The fourth-order valence-electron chi connectivity index (χ4n) is 2.51. The van der Waals surface area contributed by atoms with Crippen molar-refractivity contribution in [1.82, 2.24) is 10.2 Å². The molecule has 7 nitrogen and oxygen atoms in total. The van der Waals surface area contributed by atoms with Crippen molar-refractivity contribution in [3.8, 4) is 6.07 Å². The average Bonchev–Trinajstić information content (AvgIpc) is 2.78. The Labute approximate surface area is 141 Å². The normalized spacial score (nSPS) is 17.5. The zero-order chi connectivity index (χ0) is 17.9. The van der Waals surface area contributed by atoms with E-state index >= 15 is 0 Å². The molecule has 2 amide bonds. The van der Waals surface area contributed by atoms with E-state index in [-0.39, 0.29) is 5.91 Å². The van der Waals surface area contributed by atoms with Gasteiger partial charge in [-0.1, -0.05) is 6.07 Å². The summed E-state index contributed by atoms with van der Waals surface area (Å²) in [5.41, 5.74) is 6.84. The minimum atomic E-state index is -0.606. The third kappa shape index (κ3) is 4.38. The molecule has 0 aromatic heterocycles. The van der Waals surface area contributed by atoms with Gasteiger partial charge in [-0.25, -0.2) is 4.79 Å². The standard InChI is InChI=1S/C17H22N4O3/c1-17(2,3)24-16(23)20-14-6-7-21(15(14)22)10-11-4-5-12(9-18)13(19)8-11/h4-5,8,14H,6-7,10,19H2,1-3H3,(H,20,23)/t14-/m0/s1. The zero-order valence-corrected chi connectivity index (χ0v) is 14.1. The monoisotopic (exact) mass is 330 g/mol. The molecule has 1 aliphatic rings. The maximum atomic E-state index is 12.4. The Morgan fingerprint density at radius 3 is 2.79 bits per heavy atom. The van der Waals surface area contributed by atoms with E-state index in [1.807, 2.05) is 6.07 Å². The largest absolute Gasteiger partial charge is 0.444 e. The molecule has 1 aromatic rings. The van der Waals surface area contributed by atoms with Crippen molar-refractivity contribution >= 4 is 17.7 Å². The molecule has 1 fully saturated rings. The number of nitrogens with two attached hydrogens (primary N) is 1. The summed E-state index contributed by atoms with van der Waals surface area (Å²) in [7, 11) is 0. The first kappa shape index (κ1) is 17.6. The van der Waals surface area contributed by atoms with Crippen LogP contribution in [0.1, 0.15) is 38.3 Å². The highest BCUT2D eigenvalue weighted by atomic mass is 16.6. The SMILES string of the molecule is CC(C)(C)OC(=O)N[C@H]1CCN(Cc2ccc(C#N)c(N)c2)C1=O. The third-order valence-electron chi connectivity index (χ3n) is 3.60. The molecule has 0 spiro atoms. The van der Waals surface area contributed by atoms with Crippen LogP contribution in [0.3, 0.4) is 0 Å². The lowest BCUT2D eigenvalue weighted by Gasteiger charge is -2.21. The van der Waals surface area contributed by atoms with Crippen molar-refractivity contribution in [3.05, 3.63) is 29.3 Å². The lowest BCUT2D eigenvalue weighted by atomic mass is 10.1. The van der Waals surface area contributed by atoms with Crippen molar-refractivity contribution in [2.45, 2.75) is 45.4 Å². The maximum absolute atomic E-state index is 12.4. The molecule has 0 aliphatic carbocycles. The van der Waals surface area contributed by atoms with Crippen molar-refractivity contribution in [2.75, 3.05) is 12.3 Å². The predicted molar refractivity (Wildman–Crippen MR) is 88.8 cm³/mol. The lowest BCUT2D eigenvalue weighted by molar-refractivity contribution is -0.129. The van der Waals surface area contributed by atoms with Gasteiger partial charge in [0.05, 0.1) is 5.56 Å². The number of carbonyl (C=O) groups excluding carboxylic acids is 2. The van der Waals surface area contributed by atoms with Crippen LogP contribution < -0.4 is 11.1 Å². The minimum absolute atomic E-state index is 0.149. The average molecular weight is 330 g/mol. The van der Waals surface area contributed by atoms with Crippen LogP contribution in [0.25, 0.3) is 0 Å². The molecule has 1 heterocycles. The molecule has 0 radical (unpaired) electrons. The molecule has 1 aliphatic heterocycles. The van der Waals surface area contributed by atoms with E-state index in [0.29, 0.717) is 30.8 Å². The van der Waals surface area contributed by atoms with Crippen LogP contribution in [0.4, 0.5) is 10.5 Å². The number of nitrogens with zero attached hydrogens (tertiary/aromatic N) is 2. The first-order chi connectivity index (χ1) is 11.2. The summed E-state index contributed by atoms with van der Waals surface area (Å²) < 4.78 is 5.17. The molecule has 7 heteroatoms. The first-order valence-electron chi connectivity index (χ1n) is 7.76. The van der Waals surface area contributed by atoms with Crippen LogP contribution in [-0.2, 0) is 16.1 Å². The van der Waals surface area contributed by atoms with Gasteiger partial charge in [0, 0.05) is 18.8 Å². The topological polar surface area (TPSA) is 108 Å². The summed E-state index contributed by atoms with van der Waals surface area (Å²) >= 11 is 0. The van der Waals surface area contributed by atoms with Gasteiger partial charge in [0.2, 0.25) is 5.91 Å². The summed E-state index contributed by atoms with van der Waals surface area (Å²) in [6.45, 7) is 6.24. The quantitative estimate of drug-likeness (QED) is 0.821. The van der Waals surface area contributed by atoms with Crippen LogP contribution in [0.15, 0.2) is 18.2 Å². The van der Waals surface area contributed by atoms with E-state index in [0.717, 1.165) is 5.56 Å². The van der Waals surface area contributed by atoms with Gasteiger partial charge in [-0.15, -0.1) is 0 Å². The fourth-order valence-corrected chi connectivity index (χ4v) is 2.51. The van der Waals surface area contributed by atoms with Gasteiger partial charge in [-0.2, -0.15) is 5.26 Å². The number of ether oxygens (including phenoxy) is 1. The van der Waals surface area contributed by atoms with Gasteiger partial charge < -0.3 is 20.7 Å². The third-order valence-corrected chi connectivity index (χ3v) is 3.60. The number of nitriles is 1. The molecular weight excluding hydrogens is 308 g/mol. The Kier molecular flexibility index (Phi) is 4.98. The number of hydrogen-bond acceptors (Lipinski definition) is 5. The number of rotatable bonds is 3. The van der Waals surface area contributed by atoms with Gasteiger partial charge in [-0.3, -0.25) is 4.79 Å². The molecule has 24 heavy (non-hydrogen) atoms. The lowest BCUT2D eigenvalue weighted by Crippen LogP contribution is -2.43. The molecule has 3 N–H and O–H groups in total. The van der Waals surface area contributed by atoms with E-state index in [4.69, 9.17) is 15.7 Å². The predicted octanol–water partition coefficient (Wildman–Crippen LogP) is 1.77. The number of hydrogen-bond donors (Lipinski definition) is 2. The summed E-state index contributed by atoms with van der Waals surface area (Å²) in [5.74, 6) is -0.149. The summed E-state index contributed by atoms with van der Waals surface area (Å²) in [6.07, 6.45) is -0.0607. The highest BCUT2D eigenvalue weighted by Gasteiger charge is 2.33. The zero-order valence-electron chi connectivity index (χ0n) is 14.1. The first-order valence-corrected chi connectivity index (χ1v) is 7.76. The van der Waals surface area contributed by atoms with Gasteiger partial charge >= 0.3 is 6.09 Å². The summed E-state index contributed by atoms with van der Waals surface area (Å²) in [6, 6.07) is 6.54. The molecular formula is C17H22N4O3. The second kappa shape index (κ2) is 6.79. The molecule has 1 saturated heterocycles. The Bertz CT molecular complexity index is 688. The van der Waals surface area contributed by atoms with Crippen molar-refractivity contribution in [2.24, 2.45) is 0 Å². The van der Waals surface area contributed by atoms with Crippen LogP contribution in [-0.4, -0.2) is 35.1 Å². The Hall–Kier alpha value is -2.75. The van der Waals surface area contributed by atoms with Crippen LogP contribution in [0.2, 0.25) is 0 Å². The number of anilines is 1. The molecule has 0 saturated carbocycles. The number of amides is 2. The fraction of sp³-hybridized carbons (Fsp3) is 0.471. The van der Waals surface area contributed by atoms with Crippen LogP contribution in [0, 0.1) is 11.3 Å². The van der Waals surface area contributed by atoms with E-state index in [1.165, 1.54) is 0 Å². The van der Waals surface area contributed by atoms with Gasteiger partial charge in [0.1, 0.15) is 17.7 Å². The second-order valence-electron chi connectivity index (χ2n) is 6.78. The number of nitrogen functional groups attached to an aromatic ring is 1. The number of nitrogens with one attached hydrogen (secondary N) is 1. The number of benzene rings is 1. The number of likely N-dealkylation sites (tertiary alicyclic amines) is 1. The molecule has 0 unspecified atom stereocenters. The van der Waals surface area contributed by atoms with E-state index in [9.17, 15) is 9.59 Å². The minimum Gasteiger partial charge on any atom is -0.444 e. The Balaban J connectivity index is 1.95. The maximum Gasteiger partial charge on any atom is 0.408 e. The molecule has 1 aromatic carbocycles. The number of carbonyl (C=O) groups is 2. The van der Waals surface area contributed by atoms with E-state index < -0.39 is 17.7 Å². The smallest absolute Gasteiger partial charge is 0.408 e. The highest BCUT2D eigenvalue weighted by Crippen LogP contribution is 2.19.